The number of fused-ring (bicyclic) bond motifs is 1. The molecule has 3 aromatic carbocycles. The van der Waals surface area contributed by atoms with E-state index in [0.29, 0.717) is 22.5 Å². The van der Waals surface area contributed by atoms with Crippen LogP contribution in [0.15, 0.2) is 84.0 Å². The monoisotopic (exact) mass is 474 g/mol. The van der Waals surface area contributed by atoms with Gasteiger partial charge in [0.25, 0.3) is 5.69 Å². The van der Waals surface area contributed by atoms with E-state index in [1.807, 2.05) is 59.2 Å². The van der Waals surface area contributed by atoms with Gasteiger partial charge >= 0.3 is 0 Å². The summed E-state index contributed by atoms with van der Waals surface area (Å²) in [4.78, 5) is 23.3. The predicted octanol–water partition coefficient (Wildman–Crippen LogP) is 4.66. The first-order chi connectivity index (χ1) is 16.6. The molecule has 9 nitrogen and oxygen atoms in total. The third-order valence-corrected chi connectivity index (χ3v) is 6.11. The highest BCUT2D eigenvalue weighted by Crippen LogP contribution is 2.37. The molecule has 0 saturated carbocycles. The van der Waals surface area contributed by atoms with Crippen LogP contribution in [0.2, 0.25) is 0 Å². The van der Waals surface area contributed by atoms with E-state index in [0.717, 1.165) is 5.69 Å². The van der Waals surface area contributed by atoms with Crippen LogP contribution in [0.25, 0.3) is 5.69 Å². The van der Waals surface area contributed by atoms with E-state index in [4.69, 9.17) is 9.47 Å². The van der Waals surface area contributed by atoms with E-state index >= 15 is 0 Å². The van der Waals surface area contributed by atoms with Crippen LogP contribution in [-0.4, -0.2) is 37.8 Å². The fourth-order valence-electron chi connectivity index (χ4n) is 3.56. The summed E-state index contributed by atoms with van der Waals surface area (Å²) in [5.74, 6) is 1.63. The van der Waals surface area contributed by atoms with E-state index in [-0.39, 0.29) is 29.4 Å². The fraction of sp³-hybridized carbons (Fsp3) is 0.125. The lowest BCUT2D eigenvalue weighted by atomic mass is 10.1. The zero-order valence-electron chi connectivity index (χ0n) is 17.7. The molecule has 1 aliphatic heterocycles. The van der Waals surface area contributed by atoms with Gasteiger partial charge in [0.15, 0.2) is 34.4 Å². The van der Waals surface area contributed by atoms with Crippen molar-refractivity contribution in [1.82, 2.24) is 14.8 Å². The highest BCUT2D eigenvalue weighted by atomic mass is 32.2. The molecule has 0 fully saturated rings. The zero-order valence-corrected chi connectivity index (χ0v) is 18.6. The molecule has 1 aromatic heterocycles. The minimum absolute atomic E-state index is 0.0387. The Labute approximate surface area is 198 Å². The van der Waals surface area contributed by atoms with E-state index in [1.54, 1.807) is 6.07 Å². The number of nitrogens with zero attached hydrogens (tertiary/aromatic N) is 4. The molecular formula is C24H18N4O5S. The number of aromatic nitrogens is 3. The van der Waals surface area contributed by atoms with Crippen LogP contribution >= 0.6 is 11.8 Å². The van der Waals surface area contributed by atoms with Gasteiger partial charge in [-0.25, -0.2) is 0 Å². The molecular weight excluding hydrogens is 456 g/mol. The van der Waals surface area contributed by atoms with Gasteiger partial charge in [0.1, 0.15) is 6.61 Å². The molecule has 1 atom stereocenters. The van der Waals surface area contributed by atoms with Crippen molar-refractivity contribution in [2.24, 2.45) is 0 Å². The fourth-order valence-corrected chi connectivity index (χ4v) is 4.41. The molecule has 0 bridgehead atoms. The average Bonchev–Trinajstić information content (AvgIpc) is 3.31. The van der Waals surface area contributed by atoms with Gasteiger partial charge in [0.2, 0.25) is 0 Å². The molecule has 0 amide bonds. The SMILES string of the molecule is O=C(CSc1nnc(C2COc3ccccc3O2)n1-c1ccccc1)c1cccc([N+](=O)[O-])c1. The Balaban J connectivity index is 1.42. The standard InChI is InChI=1S/C24H18N4O5S/c29-19(16-7-6-10-18(13-16)28(30)31)15-34-24-26-25-23(27(24)17-8-2-1-3-9-17)22-14-32-20-11-4-5-12-21(20)33-22/h1-13,22H,14-15H2. The number of nitro benzene ring substituents is 1. The molecule has 1 unspecified atom stereocenters. The second-order valence-corrected chi connectivity index (χ2v) is 8.34. The zero-order chi connectivity index (χ0) is 23.5. The number of ether oxygens (including phenoxy) is 2. The number of rotatable bonds is 7. The summed E-state index contributed by atoms with van der Waals surface area (Å²) in [5, 5.41) is 20.2. The van der Waals surface area contributed by atoms with Crippen LogP contribution in [-0.2, 0) is 0 Å². The topological polar surface area (TPSA) is 109 Å². The van der Waals surface area contributed by atoms with E-state index in [9.17, 15) is 14.9 Å². The number of carbonyl (C=O) groups is 1. The second kappa shape index (κ2) is 9.36. The Morgan fingerprint density at radius 1 is 1.03 bits per heavy atom. The maximum absolute atomic E-state index is 12.7. The third-order valence-electron chi connectivity index (χ3n) is 5.18. The van der Waals surface area contributed by atoms with Crippen molar-refractivity contribution in [3.05, 3.63) is 100 Å². The Kier molecular flexibility index (Phi) is 5.96. The quantitative estimate of drug-likeness (QED) is 0.165. The highest BCUT2D eigenvalue weighted by Gasteiger charge is 2.29. The number of hydrogen-bond acceptors (Lipinski definition) is 8. The number of carbonyl (C=O) groups excluding carboxylic acids is 1. The van der Waals surface area contributed by atoms with Crippen molar-refractivity contribution in [2.45, 2.75) is 11.3 Å². The molecule has 170 valence electrons. The highest BCUT2D eigenvalue weighted by molar-refractivity contribution is 7.99. The number of nitro groups is 1. The van der Waals surface area contributed by atoms with Gasteiger partial charge in [-0.1, -0.05) is 54.2 Å². The molecule has 0 spiro atoms. The summed E-state index contributed by atoms with van der Waals surface area (Å²) in [7, 11) is 0. The summed E-state index contributed by atoms with van der Waals surface area (Å²) in [6, 6.07) is 22.6. The van der Waals surface area contributed by atoms with Crippen LogP contribution in [0.5, 0.6) is 11.5 Å². The number of hydrogen-bond donors (Lipinski definition) is 0. The number of ketones is 1. The first kappa shape index (κ1) is 21.7. The predicted molar refractivity (Wildman–Crippen MR) is 125 cm³/mol. The number of para-hydroxylation sites is 3. The van der Waals surface area contributed by atoms with Crippen molar-refractivity contribution in [3.63, 3.8) is 0 Å². The van der Waals surface area contributed by atoms with Gasteiger partial charge in [0, 0.05) is 23.4 Å². The normalized spacial score (nSPS) is 14.5. The van der Waals surface area contributed by atoms with Gasteiger partial charge in [-0.3, -0.25) is 19.5 Å². The lowest BCUT2D eigenvalue weighted by Crippen LogP contribution is -2.24. The molecule has 2 heterocycles. The molecule has 0 aliphatic carbocycles. The number of non-ortho nitro benzene ring substituents is 1. The third kappa shape index (κ3) is 4.35. The number of benzene rings is 3. The van der Waals surface area contributed by atoms with Crippen molar-refractivity contribution in [2.75, 3.05) is 12.4 Å². The Bertz CT molecular complexity index is 1360. The second-order valence-electron chi connectivity index (χ2n) is 7.40. The van der Waals surface area contributed by atoms with Crippen LogP contribution in [0.4, 0.5) is 5.69 Å². The Hall–Kier alpha value is -4.18. The molecule has 4 aromatic rings. The summed E-state index contributed by atoms with van der Waals surface area (Å²) < 4.78 is 13.8. The number of thioether (sulfide) groups is 1. The maximum atomic E-state index is 12.7. The lowest BCUT2D eigenvalue weighted by molar-refractivity contribution is -0.384. The van der Waals surface area contributed by atoms with Gasteiger partial charge in [-0.15, -0.1) is 10.2 Å². The van der Waals surface area contributed by atoms with Crippen molar-refractivity contribution < 1.29 is 19.2 Å². The summed E-state index contributed by atoms with van der Waals surface area (Å²) in [6.07, 6.45) is -0.496. The number of Topliss-reactive ketones (excluding diaryl/α,β-unsaturated/α-hetero) is 1. The van der Waals surface area contributed by atoms with Gasteiger partial charge in [-0.05, 0) is 24.3 Å². The smallest absolute Gasteiger partial charge is 0.270 e. The minimum atomic E-state index is -0.521. The van der Waals surface area contributed by atoms with Crippen LogP contribution < -0.4 is 9.47 Å². The molecule has 0 N–H and O–H groups in total. The molecule has 0 radical (unpaired) electrons. The van der Waals surface area contributed by atoms with Gasteiger partial charge in [0.05, 0.1) is 10.7 Å². The summed E-state index contributed by atoms with van der Waals surface area (Å²) in [5.41, 5.74) is 0.962. The summed E-state index contributed by atoms with van der Waals surface area (Å²) in [6.45, 7) is 0.263. The van der Waals surface area contributed by atoms with Crippen LogP contribution in [0.3, 0.4) is 0 Å². The van der Waals surface area contributed by atoms with Crippen molar-refractivity contribution in [3.8, 4) is 17.2 Å². The minimum Gasteiger partial charge on any atom is -0.485 e. The summed E-state index contributed by atoms with van der Waals surface area (Å²) >= 11 is 1.20. The van der Waals surface area contributed by atoms with Gasteiger partial charge in [-0.2, -0.15) is 0 Å². The Morgan fingerprint density at radius 2 is 1.79 bits per heavy atom. The van der Waals surface area contributed by atoms with Crippen LogP contribution in [0.1, 0.15) is 22.3 Å². The largest absolute Gasteiger partial charge is 0.485 e. The molecule has 1 aliphatic rings. The molecule has 10 heteroatoms. The van der Waals surface area contributed by atoms with Gasteiger partial charge < -0.3 is 9.47 Å². The van der Waals surface area contributed by atoms with Crippen molar-refractivity contribution in [1.29, 1.82) is 0 Å². The molecule has 0 saturated heterocycles. The molecule has 34 heavy (non-hydrogen) atoms. The van der Waals surface area contributed by atoms with Crippen LogP contribution in [0, 0.1) is 10.1 Å². The first-order valence-electron chi connectivity index (χ1n) is 10.4. The Morgan fingerprint density at radius 3 is 2.59 bits per heavy atom. The maximum Gasteiger partial charge on any atom is 0.270 e. The van der Waals surface area contributed by atoms with E-state index in [2.05, 4.69) is 10.2 Å². The van der Waals surface area contributed by atoms with E-state index < -0.39 is 11.0 Å². The lowest BCUT2D eigenvalue weighted by Gasteiger charge is -2.26. The first-order valence-corrected chi connectivity index (χ1v) is 11.4. The van der Waals surface area contributed by atoms with Crippen molar-refractivity contribution >= 4 is 23.2 Å². The average molecular weight is 474 g/mol. The molecule has 5 rings (SSSR count). The van der Waals surface area contributed by atoms with E-state index in [1.165, 1.54) is 30.0 Å².